The minimum absolute atomic E-state index is 0.0852. The topological polar surface area (TPSA) is 82.6 Å². The van der Waals surface area contributed by atoms with Gasteiger partial charge < -0.3 is 14.4 Å². The van der Waals surface area contributed by atoms with Gasteiger partial charge in [-0.2, -0.15) is 5.01 Å². The molecule has 0 N–H and O–H groups in total. The van der Waals surface area contributed by atoms with Crippen molar-refractivity contribution in [2.24, 2.45) is 0 Å². The van der Waals surface area contributed by atoms with E-state index in [0.717, 1.165) is 23.8 Å². The Balaban J connectivity index is 1.81. The highest BCUT2D eigenvalue weighted by molar-refractivity contribution is 6.03. The fourth-order valence-electron chi connectivity index (χ4n) is 4.03. The zero-order valence-electron chi connectivity index (χ0n) is 16.4. The van der Waals surface area contributed by atoms with Gasteiger partial charge in [0.2, 0.25) is 6.17 Å². The number of halogens is 1. The van der Waals surface area contributed by atoms with E-state index in [-0.39, 0.29) is 30.6 Å². The highest BCUT2D eigenvalue weighted by Crippen LogP contribution is 2.41. The standard InChI is InChI=1S/C19H23FN4O5/c1-3-21-14-10-13(12(20)9-15(14)29-11-16(21)25)24-17(18(26)28-4-2)22-7-5-6-8-23(22)19(24)27/h9-10,17H,3-8,11H2,1-2H3. The zero-order chi connectivity index (χ0) is 20.7. The molecule has 3 heterocycles. The number of amides is 3. The molecule has 1 unspecified atom stereocenters. The Morgan fingerprint density at radius 1 is 1.21 bits per heavy atom. The van der Waals surface area contributed by atoms with E-state index in [0.29, 0.717) is 25.3 Å². The van der Waals surface area contributed by atoms with Crippen LogP contribution in [-0.2, 0) is 14.3 Å². The van der Waals surface area contributed by atoms with Crippen LogP contribution in [0.15, 0.2) is 12.1 Å². The number of esters is 1. The highest BCUT2D eigenvalue weighted by atomic mass is 19.1. The normalized spacial score (nSPS) is 21.8. The van der Waals surface area contributed by atoms with Crippen molar-refractivity contribution in [1.82, 2.24) is 10.0 Å². The van der Waals surface area contributed by atoms with Crippen molar-refractivity contribution in [3.63, 3.8) is 0 Å². The van der Waals surface area contributed by atoms with E-state index in [1.165, 1.54) is 16.0 Å². The average molecular weight is 406 g/mol. The summed E-state index contributed by atoms with van der Waals surface area (Å²) in [6, 6.07) is 2.06. The quantitative estimate of drug-likeness (QED) is 0.708. The summed E-state index contributed by atoms with van der Waals surface area (Å²) in [4.78, 5) is 40.6. The van der Waals surface area contributed by atoms with Crippen LogP contribution in [0, 0.1) is 5.82 Å². The molecule has 2 saturated heterocycles. The van der Waals surface area contributed by atoms with Gasteiger partial charge in [0.1, 0.15) is 5.75 Å². The Bertz CT molecular complexity index is 863. The Labute approximate surface area is 167 Å². The Kier molecular flexibility index (Phi) is 5.03. The summed E-state index contributed by atoms with van der Waals surface area (Å²) in [5.41, 5.74) is 0.286. The predicted molar refractivity (Wildman–Crippen MR) is 101 cm³/mol. The molecule has 0 aromatic heterocycles. The molecule has 2 fully saturated rings. The van der Waals surface area contributed by atoms with Gasteiger partial charge in [0.25, 0.3) is 5.91 Å². The van der Waals surface area contributed by atoms with E-state index in [1.807, 2.05) is 0 Å². The van der Waals surface area contributed by atoms with Gasteiger partial charge in [0, 0.05) is 25.7 Å². The van der Waals surface area contributed by atoms with Crippen molar-refractivity contribution in [3.8, 4) is 5.75 Å². The van der Waals surface area contributed by atoms with Gasteiger partial charge in [-0.3, -0.25) is 14.7 Å². The number of benzene rings is 1. The molecule has 0 saturated carbocycles. The van der Waals surface area contributed by atoms with Gasteiger partial charge in [-0.1, -0.05) is 0 Å². The summed E-state index contributed by atoms with van der Waals surface area (Å²) in [5, 5.41) is 3.09. The molecule has 1 atom stereocenters. The molecule has 0 radical (unpaired) electrons. The molecule has 9 nitrogen and oxygen atoms in total. The Morgan fingerprint density at radius 3 is 2.69 bits per heavy atom. The molecule has 156 valence electrons. The van der Waals surface area contributed by atoms with E-state index < -0.39 is 24.0 Å². The molecular weight excluding hydrogens is 383 g/mol. The summed E-state index contributed by atoms with van der Waals surface area (Å²) in [6.07, 6.45) is 0.515. The maximum Gasteiger partial charge on any atom is 0.346 e. The Morgan fingerprint density at radius 2 is 1.97 bits per heavy atom. The molecule has 4 rings (SSSR count). The molecular formula is C19H23FN4O5. The van der Waals surface area contributed by atoms with Crippen LogP contribution in [0.5, 0.6) is 5.75 Å². The van der Waals surface area contributed by atoms with E-state index >= 15 is 4.39 Å². The summed E-state index contributed by atoms with van der Waals surface area (Å²) in [7, 11) is 0. The fraction of sp³-hybridized carbons (Fsp3) is 0.526. The maximum atomic E-state index is 15.1. The molecule has 0 bridgehead atoms. The third-order valence-electron chi connectivity index (χ3n) is 5.32. The first-order chi connectivity index (χ1) is 14.0. The van der Waals surface area contributed by atoms with Crippen molar-refractivity contribution in [3.05, 3.63) is 17.9 Å². The zero-order valence-corrected chi connectivity index (χ0v) is 16.4. The number of nitrogens with zero attached hydrogens (tertiary/aromatic N) is 4. The summed E-state index contributed by atoms with van der Waals surface area (Å²) < 4.78 is 25.6. The second-order valence-electron chi connectivity index (χ2n) is 6.97. The molecule has 29 heavy (non-hydrogen) atoms. The van der Waals surface area contributed by atoms with Crippen molar-refractivity contribution < 1.29 is 28.2 Å². The van der Waals surface area contributed by atoms with Crippen molar-refractivity contribution in [2.75, 3.05) is 42.6 Å². The SMILES string of the molecule is CCOC(=O)C1N(c2cc3c(cc2F)OCC(=O)N3CC)C(=O)N2CCCCN12. The molecule has 1 aromatic carbocycles. The van der Waals surface area contributed by atoms with Crippen LogP contribution in [0.25, 0.3) is 0 Å². The lowest BCUT2D eigenvalue weighted by molar-refractivity contribution is -0.153. The lowest BCUT2D eigenvalue weighted by Gasteiger charge is -2.33. The summed E-state index contributed by atoms with van der Waals surface area (Å²) in [5.74, 6) is -1.36. The van der Waals surface area contributed by atoms with E-state index in [2.05, 4.69) is 0 Å². The van der Waals surface area contributed by atoms with Crippen LogP contribution in [0.2, 0.25) is 0 Å². The lowest BCUT2D eigenvalue weighted by Crippen LogP contribution is -2.51. The van der Waals surface area contributed by atoms with Gasteiger partial charge in [0.05, 0.1) is 18.0 Å². The first kappa shape index (κ1) is 19.4. The number of fused-ring (bicyclic) bond motifs is 2. The number of carbonyl (C=O) groups is 3. The van der Waals surface area contributed by atoms with Crippen LogP contribution in [-0.4, -0.2) is 66.9 Å². The number of urea groups is 1. The third-order valence-corrected chi connectivity index (χ3v) is 5.32. The van der Waals surface area contributed by atoms with Gasteiger partial charge in [-0.25, -0.2) is 14.0 Å². The molecule has 3 aliphatic heterocycles. The molecule has 3 amide bonds. The smallest absolute Gasteiger partial charge is 0.346 e. The van der Waals surface area contributed by atoms with Crippen molar-refractivity contribution in [2.45, 2.75) is 32.9 Å². The summed E-state index contributed by atoms with van der Waals surface area (Å²) >= 11 is 0. The number of likely N-dealkylation sites (N-methyl/N-ethyl adjacent to an activating group) is 1. The van der Waals surface area contributed by atoms with Crippen LogP contribution < -0.4 is 14.5 Å². The second-order valence-corrected chi connectivity index (χ2v) is 6.97. The molecule has 3 aliphatic rings. The van der Waals surface area contributed by atoms with Gasteiger partial charge in [-0.15, -0.1) is 0 Å². The van der Waals surface area contributed by atoms with Gasteiger partial charge in [-0.05, 0) is 32.8 Å². The number of hydrogen-bond acceptors (Lipinski definition) is 6. The predicted octanol–water partition coefficient (Wildman–Crippen LogP) is 1.71. The molecule has 0 spiro atoms. The maximum absolute atomic E-state index is 15.1. The van der Waals surface area contributed by atoms with Gasteiger partial charge >= 0.3 is 12.0 Å². The number of carbonyl (C=O) groups excluding carboxylic acids is 3. The second kappa shape index (κ2) is 7.51. The van der Waals surface area contributed by atoms with E-state index in [9.17, 15) is 14.4 Å². The number of anilines is 2. The number of ether oxygens (including phenoxy) is 2. The molecule has 1 aromatic rings. The number of hydrogen-bond donors (Lipinski definition) is 0. The largest absolute Gasteiger partial charge is 0.481 e. The van der Waals surface area contributed by atoms with Crippen LogP contribution >= 0.6 is 0 Å². The minimum Gasteiger partial charge on any atom is -0.481 e. The van der Waals surface area contributed by atoms with Crippen LogP contribution in [0.1, 0.15) is 26.7 Å². The van der Waals surface area contributed by atoms with Crippen molar-refractivity contribution >= 4 is 29.3 Å². The molecule has 10 heteroatoms. The van der Waals surface area contributed by atoms with Crippen LogP contribution in [0.3, 0.4) is 0 Å². The summed E-state index contributed by atoms with van der Waals surface area (Å²) in [6.45, 7) is 4.74. The monoisotopic (exact) mass is 406 g/mol. The first-order valence-corrected chi connectivity index (χ1v) is 9.78. The highest BCUT2D eigenvalue weighted by Gasteiger charge is 2.51. The minimum atomic E-state index is -1.09. The number of hydrazine groups is 1. The Hall–Kier alpha value is -2.88. The number of rotatable bonds is 4. The van der Waals surface area contributed by atoms with Crippen molar-refractivity contribution in [1.29, 1.82) is 0 Å². The van der Waals surface area contributed by atoms with Gasteiger partial charge in [0.15, 0.2) is 12.4 Å². The van der Waals surface area contributed by atoms with E-state index in [1.54, 1.807) is 18.9 Å². The lowest BCUT2D eigenvalue weighted by atomic mass is 10.1. The third kappa shape index (κ3) is 3.07. The fourth-order valence-corrected chi connectivity index (χ4v) is 4.03. The average Bonchev–Trinajstić information content (AvgIpc) is 3.01. The van der Waals surface area contributed by atoms with E-state index in [4.69, 9.17) is 9.47 Å². The first-order valence-electron chi connectivity index (χ1n) is 9.78. The molecule has 0 aliphatic carbocycles. The van der Waals surface area contributed by atoms with Crippen LogP contribution in [0.4, 0.5) is 20.6 Å².